The van der Waals surface area contributed by atoms with Crippen molar-refractivity contribution >= 4 is 17.8 Å². The van der Waals surface area contributed by atoms with Crippen LogP contribution in [0.1, 0.15) is 11.1 Å². The van der Waals surface area contributed by atoms with Crippen molar-refractivity contribution in [2.45, 2.75) is 6.54 Å². The van der Waals surface area contributed by atoms with Crippen LogP contribution in [-0.2, 0) is 6.54 Å². The fourth-order valence-electron chi connectivity index (χ4n) is 2.72. The first-order valence-corrected chi connectivity index (χ1v) is 8.51. The van der Waals surface area contributed by atoms with Crippen LogP contribution in [-0.4, -0.2) is 49.4 Å². The third-order valence-electron chi connectivity index (χ3n) is 4.19. The number of ether oxygens (including phenoxy) is 1. The molecule has 0 unspecified atom stereocenters. The largest absolute Gasteiger partial charge is 1.00 e. The number of hydrazone groups is 1. The molecule has 0 atom stereocenters. The number of rotatable bonds is 5. The molecule has 1 saturated heterocycles. The lowest BCUT2D eigenvalue weighted by Crippen LogP contribution is -3.00. The molecule has 0 bridgehead atoms. The summed E-state index contributed by atoms with van der Waals surface area (Å²) >= 11 is 6.24. The molecule has 0 aliphatic carbocycles. The number of piperazine rings is 1. The fourth-order valence-corrected chi connectivity index (χ4v) is 2.91. The summed E-state index contributed by atoms with van der Waals surface area (Å²) in [5.74, 6) is 0.861. The van der Waals surface area contributed by atoms with Crippen LogP contribution in [0.4, 0.5) is 0 Å². The number of nitrogens with zero attached hydrogens (tertiary/aromatic N) is 3. The summed E-state index contributed by atoms with van der Waals surface area (Å²) in [6.07, 6.45) is 1.91. The Bertz CT molecular complexity index is 683. The van der Waals surface area contributed by atoms with Gasteiger partial charge in [-0.05, 0) is 41.5 Å². The van der Waals surface area contributed by atoms with E-state index < -0.39 is 0 Å². The van der Waals surface area contributed by atoms with Crippen LogP contribution in [0.3, 0.4) is 0 Å². The van der Waals surface area contributed by atoms with Crippen molar-refractivity contribution in [1.29, 1.82) is 0 Å². The zero-order valence-corrected chi connectivity index (χ0v) is 15.7. The van der Waals surface area contributed by atoms with Gasteiger partial charge in [0.05, 0.1) is 13.3 Å². The Kier molecular flexibility index (Phi) is 7.56. The highest BCUT2D eigenvalue weighted by Crippen LogP contribution is 2.18. The number of benzene rings is 2. The van der Waals surface area contributed by atoms with Crippen LogP contribution in [0.25, 0.3) is 0 Å². The second kappa shape index (κ2) is 9.66. The van der Waals surface area contributed by atoms with E-state index in [4.69, 9.17) is 16.3 Å². The van der Waals surface area contributed by atoms with Gasteiger partial charge in [-0.1, -0.05) is 29.8 Å². The summed E-state index contributed by atoms with van der Waals surface area (Å²) in [7, 11) is 1.67. The molecule has 0 radical (unpaired) electrons. The summed E-state index contributed by atoms with van der Waals surface area (Å²) in [5, 5.41) is 7.55. The van der Waals surface area contributed by atoms with Crippen LogP contribution in [0, 0.1) is 0 Å². The highest BCUT2D eigenvalue weighted by Gasteiger charge is 2.16. The maximum absolute atomic E-state index is 6.24. The SMILES string of the molecule is COc1ccc(C=NN2CCN(Cc3ccccc3Cl)CC2)cc1.[Cl-]. The lowest BCUT2D eigenvalue weighted by molar-refractivity contribution is -0.00000509. The quantitative estimate of drug-likeness (QED) is 0.709. The molecule has 3 rings (SSSR count). The first kappa shape index (κ1) is 19.6. The van der Waals surface area contributed by atoms with Crippen LogP contribution >= 0.6 is 11.6 Å². The maximum atomic E-state index is 6.24. The summed E-state index contributed by atoms with van der Waals surface area (Å²) in [6, 6.07) is 16.0. The Hall–Kier alpha value is -1.75. The van der Waals surface area contributed by atoms with Gasteiger partial charge in [0.1, 0.15) is 5.75 Å². The van der Waals surface area contributed by atoms with Gasteiger partial charge in [-0.15, -0.1) is 0 Å². The molecule has 1 heterocycles. The maximum Gasteiger partial charge on any atom is 0.118 e. The summed E-state index contributed by atoms with van der Waals surface area (Å²) < 4.78 is 5.16. The van der Waals surface area contributed by atoms with Crippen molar-refractivity contribution in [3.63, 3.8) is 0 Å². The molecule has 0 spiro atoms. The van der Waals surface area contributed by atoms with E-state index in [0.717, 1.165) is 49.1 Å². The predicted molar refractivity (Wildman–Crippen MR) is 98.9 cm³/mol. The van der Waals surface area contributed by atoms with Crippen molar-refractivity contribution in [3.05, 3.63) is 64.7 Å². The monoisotopic (exact) mass is 378 g/mol. The highest BCUT2D eigenvalue weighted by atomic mass is 35.5. The number of hydrogen-bond donors (Lipinski definition) is 0. The first-order chi connectivity index (χ1) is 11.7. The number of hydrogen-bond acceptors (Lipinski definition) is 4. The Labute approximate surface area is 160 Å². The molecule has 0 amide bonds. The Morgan fingerprint density at radius 3 is 2.36 bits per heavy atom. The average Bonchev–Trinajstić information content (AvgIpc) is 2.63. The molecule has 1 aliphatic heterocycles. The van der Waals surface area contributed by atoms with E-state index in [1.165, 1.54) is 5.56 Å². The Morgan fingerprint density at radius 1 is 1.04 bits per heavy atom. The Morgan fingerprint density at radius 2 is 1.72 bits per heavy atom. The lowest BCUT2D eigenvalue weighted by Gasteiger charge is -2.33. The second-order valence-corrected chi connectivity index (χ2v) is 6.25. The minimum Gasteiger partial charge on any atom is -1.00 e. The van der Waals surface area contributed by atoms with Crippen molar-refractivity contribution in [2.24, 2.45) is 5.10 Å². The number of halogens is 2. The molecule has 25 heavy (non-hydrogen) atoms. The molecule has 134 valence electrons. The highest BCUT2D eigenvalue weighted by molar-refractivity contribution is 6.31. The van der Waals surface area contributed by atoms with Gasteiger partial charge in [0, 0.05) is 37.7 Å². The molecular formula is C19H22Cl2N3O-. The van der Waals surface area contributed by atoms with Gasteiger partial charge >= 0.3 is 0 Å². The van der Waals surface area contributed by atoms with Gasteiger partial charge in [0.25, 0.3) is 0 Å². The topological polar surface area (TPSA) is 28.1 Å². The molecule has 1 fully saturated rings. The van der Waals surface area contributed by atoms with E-state index in [2.05, 4.69) is 21.1 Å². The van der Waals surface area contributed by atoms with Gasteiger partial charge in [-0.25, -0.2) is 0 Å². The van der Waals surface area contributed by atoms with Gasteiger partial charge in [-0.2, -0.15) is 5.10 Å². The summed E-state index contributed by atoms with van der Waals surface area (Å²) in [6.45, 7) is 4.74. The van der Waals surface area contributed by atoms with E-state index in [9.17, 15) is 0 Å². The van der Waals surface area contributed by atoms with Crippen LogP contribution in [0.2, 0.25) is 5.02 Å². The zero-order chi connectivity index (χ0) is 16.8. The summed E-state index contributed by atoms with van der Waals surface area (Å²) in [5.41, 5.74) is 2.27. The van der Waals surface area contributed by atoms with Crippen LogP contribution in [0.15, 0.2) is 53.6 Å². The lowest BCUT2D eigenvalue weighted by atomic mass is 10.2. The van der Waals surface area contributed by atoms with Gasteiger partial charge in [0.15, 0.2) is 0 Å². The third kappa shape index (κ3) is 5.63. The van der Waals surface area contributed by atoms with Crippen molar-refractivity contribution in [1.82, 2.24) is 9.91 Å². The normalized spacial score (nSPS) is 15.2. The van der Waals surface area contributed by atoms with Crippen LogP contribution < -0.4 is 17.1 Å². The van der Waals surface area contributed by atoms with E-state index in [1.54, 1.807) is 7.11 Å². The molecule has 0 N–H and O–H groups in total. The average molecular weight is 379 g/mol. The van der Waals surface area contributed by atoms with E-state index in [0.29, 0.717) is 0 Å². The molecule has 2 aromatic rings. The van der Waals surface area contributed by atoms with Crippen molar-refractivity contribution in [3.8, 4) is 5.75 Å². The molecule has 1 aliphatic rings. The zero-order valence-electron chi connectivity index (χ0n) is 14.2. The predicted octanol–water partition coefficient (Wildman–Crippen LogP) is 0.504. The van der Waals surface area contributed by atoms with E-state index >= 15 is 0 Å². The number of methoxy groups -OCH3 is 1. The smallest absolute Gasteiger partial charge is 0.118 e. The van der Waals surface area contributed by atoms with E-state index in [-0.39, 0.29) is 12.4 Å². The third-order valence-corrected chi connectivity index (χ3v) is 4.56. The molecular weight excluding hydrogens is 357 g/mol. The standard InChI is InChI=1S/C19H22ClN3O.ClH/c1-24-18-8-6-16(7-9-18)14-21-23-12-10-22(11-13-23)15-17-4-2-3-5-19(17)20;/h2-9,14H,10-13,15H2,1H3;1H/p-1. The van der Waals surface area contributed by atoms with Gasteiger partial charge < -0.3 is 17.1 Å². The van der Waals surface area contributed by atoms with Crippen molar-refractivity contribution in [2.75, 3.05) is 33.3 Å². The Balaban J connectivity index is 0.00000225. The van der Waals surface area contributed by atoms with Gasteiger partial charge in [-0.3, -0.25) is 9.91 Å². The van der Waals surface area contributed by atoms with E-state index in [1.807, 2.05) is 48.7 Å². The molecule has 0 saturated carbocycles. The molecule has 6 heteroatoms. The first-order valence-electron chi connectivity index (χ1n) is 8.13. The molecule has 2 aromatic carbocycles. The van der Waals surface area contributed by atoms with Gasteiger partial charge in [0.2, 0.25) is 0 Å². The van der Waals surface area contributed by atoms with Crippen LogP contribution in [0.5, 0.6) is 5.75 Å². The van der Waals surface area contributed by atoms with Crippen molar-refractivity contribution < 1.29 is 17.1 Å². The summed E-state index contributed by atoms with van der Waals surface area (Å²) in [4.78, 5) is 2.42. The minimum atomic E-state index is 0. The molecule has 0 aromatic heterocycles. The second-order valence-electron chi connectivity index (χ2n) is 5.84. The fraction of sp³-hybridized carbons (Fsp3) is 0.316. The molecule has 4 nitrogen and oxygen atoms in total. The minimum absolute atomic E-state index is 0.